The number of rotatable bonds is 6. The van der Waals surface area contributed by atoms with Gasteiger partial charge in [0, 0.05) is 33.4 Å². The molecule has 3 aromatic carbocycles. The molecule has 0 aliphatic heterocycles. The standard InChI is InChI=1S/C22H14O4/c23-11-17-6-2-7-18(12-24)21(17)15-4-1-5-16(10-15)22-19(13-25)8-3-9-20(22)14-26/h1-14H. The average molecular weight is 342 g/mol. The first-order valence-electron chi connectivity index (χ1n) is 7.91. The molecule has 4 nitrogen and oxygen atoms in total. The Morgan fingerprint density at radius 2 is 0.769 bits per heavy atom. The third kappa shape index (κ3) is 3.00. The topological polar surface area (TPSA) is 68.3 Å². The molecule has 0 atom stereocenters. The van der Waals surface area contributed by atoms with Gasteiger partial charge in [0.15, 0.2) is 25.1 Å². The van der Waals surface area contributed by atoms with E-state index in [9.17, 15) is 19.2 Å². The third-order valence-electron chi connectivity index (χ3n) is 4.21. The highest BCUT2D eigenvalue weighted by Gasteiger charge is 2.14. The Hall–Kier alpha value is -3.66. The number of carbonyl (C=O) groups is 4. The van der Waals surface area contributed by atoms with Crippen LogP contribution in [-0.4, -0.2) is 25.1 Å². The number of hydrogen-bond donors (Lipinski definition) is 0. The molecular weight excluding hydrogens is 328 g/mol. The van der Waals surface area contributed by atoms with Gasteiger partial charge in [-0.1, -0.05) is 54.6 Å². The van der Waals surface area contributed by atoms with E-state index < -0.39 is 0 Å². The smallest absolute Gasteiger partial charge is 0.150 e. The minimum atomic E-state index is 0.394. The van der Waals surface area contributed by atoms with Gasteiger partial charge in [0.1, 0.15) is 0 Å². The summed E-state index contributed by atoms with van der Waals surface area (Å²) in [5.74, 6) is 0. The Kier molecular flexibility index (Phi) is 4.94. The monoisotopic (exact) mass is 342 g/mol. The van der Waals surface area contributed by atoms with Crippen LogP contribution in [0.25, 0.3) is 22.3 Å². The molecule has 0 saturated heterocycles. The maximum atomic E-state index is 11.4. The van der Waals surface area contributed by atoms with Crippen LogP contribution in [0.3, 0.4) is 0 Å². The predicted octanol–water partition coefficient (Wildman–Crippen LogP) is 4.27. The van der Waals surface area contributed by atoms with Crippen LogP contribution in [0.1, 0.15) is 41.4 Å². The van der Waals surface area contributed by atoms with Crippen LogP contribution in [0.2, 0.25) is 0 Å². The maximum Gasteiger partial charge on any atom is 0.150 e. The van der Waals surface area contributed by atoms with Crippen LogP contribution in [0.5, 0.6) is 0 Å². The van der Waals surface area contributed by atoms with Gasteiger partial charge in [0.25, 0.3) is 0 Å². The van der Waals surface area contributed by atoms with Gasteiger partial charge in [0.05, 0.1) is 0 Å². The van der Waals surface area contributed by atoms with Crippen LogP contribution in [0, 0.1) is 0 Å². The molecule has 3 rings (SSSR count). The molecule has 0 aromatic heterocycles. The van der Waals surface area contributed by atoms with Crippen molar-refractivity contribution in [2.24, 2.45) is 0 Å². The van der Waals surface area contributed by atoms with Crippen molar-refractivity contribution in [2.75, 3.05) is 0 Å². The fourth-order valence-electron chi connectivity index (χ4n) is 3.07. The third-order valence-corrected chi connectivity index (χ3v) is 4.21. The molecule has 0 radical (unpaired) electrons. The first-order valence-corrected chi connectivity index (χ1v) is 7.91. The molecule has 0 saturated carbocycles. The number of aldehydes is 4. The second-order valence-corrected chi connectivity index (χ2v) is 5.68. The lowest BCUT2D eigenvalue weighted by molar-refractivity contribution is 0.111. The van der Waals surface area contributed by atoms with Crippen LogP contribution < -0.4 is 0 Å². The van der Waals surface area contributed by atoms with Crippen molar-refractivity contribution in [3.05, 3.63) is 82.9 Å². The van der Waals surface area contributed by atoms with Crippen LogP contribution in [-0.2, 0) is 0 Å². The molecule has 26 heavy (non-hydrogen) atoms. The van der Waals surface area contributed by atoms with E-state index in [4.69, 9.17) is 0 Å². The van der Waals surface area contributed by atoms with Crippen LogP contribution in [0.15, 0.2) is 60.7 Å². The van der Waals surface area contributed by atoms with E-state index in [1.165, 1.54) is 0 Å². The van der Waals surface area contributed by atoms with Gasteiger partial charge in [-0.25, -0.2) is 0 Å². The molecule has 0 unspecified atom stereocenters. The average Bonchev–Trinajstić information content (AvgIpc) is 2.72. The SMILES string of the molecule is O=Cc1cccc(C=O)c1-c1cccc(-c2c(C=O)cccc2C=O)c1. The summed E-state index contributed by atoms with van der Waals surface area (Å²) in [5, 5.41) is 0. The van der Waals surface area contributed by atoms with Gasteiger partial charge in [-0.05, 0) is 17.2 Å². The molecule has 126 valence electrons. The first kappa shape index (κ1) is 17.2. The molecule has 0 spiro atoms. The van der Waals surface area contributed by atoms with Gasteiger partial charge in [0.2, 0.25) is 0 Å². The quantitative estimate of drug-likeness (QED) is 0.627. The largest absolute Gasteiger partial charge is 0.298 e. The van der Waals surface area contributed by atoms with Crippen molar-refractivity contribution >= 4 is 25.1 Å². The summed E-state index contributed by atoms with van der Waals surface area (Å²) in [7, 11) is 0. The highest BCUT2D eigenvalue weighted by atomic mass is 16.1. The molecule has 4 heteroatoms. The highest BCUT2D eigenvalue weighted by molar-refractivity contribution is 6.00. The van der Waals surface area contributed by atoms with E-state index in [1.54, 1.807) is 60.7 Å². The Morgan fingerprint density at radius 1 is 0.462 bits per heavy atom. The predicted molar refractivity (Wildman–Crippen MR) is 98.9 cm³/mol. The summed E-state index contributed by atoms with van der Waals surface area (Å²) in [4.78, 5) is 45.7. The van der Waals surface area contributed by atoms with E-state index in [-0.39, 0.29) is 0 Å². The Labute approximate surface area is 150 Å². The van der Waals surface area contributed by atoms with Crippen LogP contribution in [0.4, 0.5) is 0 Å². The van der Waals surface area contributed by atoms with E-state index >= 15 is 0 Å². The second-order valence-electron chi connectivity index (χ2n) is 5.68. The zero-order valence-electron chi connectivity index (χ0n) is 13.7. The van der Waals surface area contributed by atoms with E-state index in [2.05, 4.69) is 0 Å². The molecule has 0 aliphatic carbocycles. The lowest BCUT2D eigenvalue weighted by Crippen LogP contribution is -1.97. The zero-order valence-corrected chi connectivity index (χ0v) is 13.7. The molecule has 0 amide bonds. The molecular formula is C22H14O4. The van der Waals surface area contributed by atoms with Gasteiger partial charge in [-0.3, -0.25) is 19.2 Å². The molecule has 0 fully saturated rings. The number of hydrogen-bond acceptors (Lipinski definition) is 4. The lowest BCUT2D eigenvalue weighted by Gasteiger charge is -2.12. The minimum absolute atomic E-state index is 0.394. The zero-order chi connectivity index (χ0) is 18.5. The molecule has 0 heterocycles. The summed E-state index contributed by atoms with van der Waals surface area (Å²) in [6.07, 6.45) is 2.80. The second kappa shape index (κ2) is 7.49. The Bertz CT molecular complexity index is 887. The Morgan fingerprint density at radius 3 is 1.08 bits per heavy atom. The van der Waals surface area contributed by atoms with E-state index in [1.807, 2.05) is 0 Å². The van der Waals surface area contributed by atoms with Crippen LogP contribution >= 0.6 is 0 Å². The van der Waals surface area contributed by atoms with Crippen molar-refractivity contribution in [3.8, 4) is 22.3 Å². The fraction of sp³-hybridized carbons (Fsp3) is 0. The maximum absolute atomic E-state index is 11.4. The van der Waals surface area contributed by atoms with E-state index in [0.29, 0.717) is 69.7 Å². The number of benzene rings is 3. The van der Waals surface area contributed by atoms with Crippen molar-refractivity contribution in [2.45, 2.75) is 0 Å². The van der Waals surface area contributed by atoms with Crippen molar-refractivity contribution in [3.63, 3.8) is 0 Å². The summed E-state index contributed by atoms with van der Waals surface area (Å²) in [6.45, 7) is 0. The van der Waals surface area contributed by atoms with Crippen molar-refractivity contribution in [1.29, 1.82) is 0 Å². The molecule has 0 bridgehead atoms. The van der Waals surface area contributed by atoms with E-state index in [0.717, 1.165) is 0 Å². The van der Waals surface area contributed by atoms with Crippen molar-refractivity contribution in [1.82, 2.24) is 0 Å². The summed E-state index contributed by atoms with van der Waals surface area (Å²) >= 11 is 0. The number of carbonyl (C=O) groups excluding carboxylic acids is 4. The summed E-state index contributed by atoms with van der Waals surface area (Å²) in [6, 6.07) is 16.9. The molecule has 0 N–H and O–H groups in total. The van der Waals surface area contributed by atoms with Gasteiger partial charge in [-0.2, -0.15) is 0 Å². The molecule has 3 aromatic rings. The normalized spacial score (nSPS) is 10.2. The van der Waals surface area contributed by atoms with Gasteiger partial charge < -0.3 is 0 Å². The molecule has 0 aliphatic rings. The summed E-state index contributed by atoms with van der Waals surface area (Å²) < 4.78 is 0. The fourth-order valence-corrected chi connectivity index (χ4v) is 3.07. The van der Waals surface area contributed by atoms with Gasteiger partial charge >= 0.3 is 0 Å². The highest BCUT2D eigenvalue weighted by Crippen LogP contribution is 2.32. The minimum Gasteiger partial charge on any atom is -0.298 e. The summed E-state index contributed by atoms with van der Waals surface area (Å²) in [5.41, 5.74) is 3.94. The van der Waals surface area contributed by atoms with Crippen molar-refractivity contribution < 1.29 is 19.2 Å². The van der Waals surface area contributed by atoms with Gasteiger partial charge in [-0.15, -0.1) is 0 Å². The Balaban J connectivity index is 2.28. The first-order chi connectivity index (χ1) is 12.7. The lowest BCUT2D eigenvalue weighted by atomic mass is 9.90.